The predicted octanol–water partition coefficient (Wildman–Crippen LogP) is 2.26. The molecule has 0 amide bonds. The summed E-state index contributed by atoms with van der Waals surface area (Å²) in [5, 5.41) is 0. The normalized spacial score (nSPS) is 10.8. The van der Waals surface area contributed by atoms with E-state index in [0.29, 0.717) is 19.8 Å². The summed E-state index contributed by atoms with van der Waals surface area (Å²) in [6.07, 6.45) is 3.01. The van der Waals surface area contributed by atoms with Crippen molar-refractivity contribution < 1.29 is 4.74 Å². The average Bonchev–Trinajstić information content (AvgIpc) is 2.78. The lowest BCUT2D eigenvalue weighted by Gasteiger charge is -2.07. The van der Waals surface area contributed by atoms with E-state index in [4.69, 9.17) is 10.5 Å². The first kappa shape index (κ1) is 13.8. The van der Waals surface area contributed by atoms with E-state index in [1.54, 1.807) is 0 Å². The molecule has 0 unspecified atom stereocenters. The van der Waals surface area contributed by atoms with Crippen molar-refractivity contribution >= 4 is 0 Å². The number of hydrogen-bond acceptors (Lipinski definition) is 3. The van der Waals surface area contributed by atoms with Crippen LogP contribution in [0.4, 0.5) is 0 Å². The van der Waals surface area contributed by atoms with E-state index >= 15 is 0 Å². The largest absolute Gasteiger partial charge is 0.369 e. The SMILES string of the molecule is Cc1cn(CCCN)c(COCc2ccccc2)n1. The Morgan fingerprint density at radius 1 is 1.21 bits per heavy atom. The smallest absolute Gasteiger partial charge is 0.135 e. The third-order valence-corrected chi connectivity index (χ3v) is 2.93. The van der Waals surface area contributed by atoms with Crippen LogP contribution in [0, 0.1) is 6.92 Å². The van der Waals surface area contributed by atoms with E-state index < -0.39 is 0 Å². The van der Waals surface area contributed by atoms with Gasteiger partial charge in [0.05, 0.1) is 12.3 Å². The van der Waals surface area contributed by atoms with Crippen molar-refractivity contribution in [1.82, 2.24) is 9.55 Å². The third-order valence-electron chi connectivity index (χ3n) is 2.93. The second-order valence-electron chi connectivity index (χ2n) is 4.61. The predicted molar refractivity (Wildman–Crippen MR) is 75.6 cm³/mol. The summed E-state index contributed by atoms with van der Waals surface area (Å²) in [7, 11) is 0. The van der Waals surface area contributed by atoms with Crippen molar-refractivity contribution in [3.8, 4) is 0 Å². The Morgan fingerprint density at radius 3 is 2.74 bits per heavy atom. The molecule has 0 atom stereocenters. The zero-order valence-electron chi connectivity index (χ0n) is 11.4. The monoisotopic (exact) mass is 259 g/mol. The topological polar surface area (TPSA) is 53.1 Å². The maximum absolute atomic E-state index is 5.73. The van der Waals surface area contributed by atoms with Crippen molar-refractivity contribution in [1.29, 1.82) is 0 Å². The van der Waals surface area contributed by atoms with Gasteiger partial charge in [-0.15, -0.1) is 0 Å². The van der Waals surface area contributed by atoms with Crippen LogP contribution in [-0.2, 0) is 24.5 Å². The molecule has 0 aliphatic carbocycles. The van der Waals surface area contributed by atoms with Gasteiger partial charge in [-0.25, -0.2) is 4.98 Å². The highest BCUT2D eigenvalue weighted by molar-refractivity contribution is 5.13. The number of nitrogens with two attached hydrogens (primary N) is 1. The zero-order chi connectivity index (χ0) is 13.5. The molecule has 0 saturated heterocycles. The van der Waals surface area contributed by atoms with Gasteiger partial charge in [-0.3, -0.25) is 0 Å². The minimum Gasteiger partial charge on any atom is -0.369 e. The molecule has 2 rings (SSSR count). The summed E-state index contributed by atoms with van der Waals surface area (Å²) < 4.78 is 7.86. The lowest BCUT2D eigenvalue weighted by molar-refractivity contribution is 0.0992. The lowest BCUT2D eigenvalue weighted by Crippen LogP contribution is -2.09. The minimum atomic E-state index is 0.535. The molecule has 4 nitrogen and oxygen atoms in total. The maximum Gasteiger partial charge on any atom is 0.135 e. The van der Waals surface area contributed by atoms with Gasteiger partial charge in [-0.05, 0) is 25.5 Å². The molecule has 0 aliphatic heterocycles. The summed E-state index contributed by atoms with van der Waals surface area (Å²) in [5.74, 6) is 0.974. The van der Waals surface area contributed by atoms with Gasteiger partial charge in [0.1, 0.15) is 12.4 Å². The Labute approximate surface area is 114 Å². The third kappa shape index (κ3) is 4.19. The van der Waals surface area contributed by atoms with E-state index in [-0.39, 0.29) is 0 Å². The Kier molecular flexibility index (Phi) is 5.12. The zero-order valence-corrected chi connectivity index (χ0v) is 11.4. The fourth-order valence-corrected chi connectivity index (χ4v) is 2.00. The van der Waals surface area contributed by atoms with Gasteiger partial charge >= 0.3 is 0 Å². The quantitative estimate of drug-likeness (QED) is 0.829. The summed E-state index contributed by atoms with van der Waals surface area (Å²) in [6, 6.07) is 10.2. The van der Waals surface area contributed by atoms with Crippen LogP contribution in [0.3, 0.4) is 0 Å². The molecule has 1 heterocycles. The van der Waals surface area contributed by atoms with Gasteiger partial charge in [0, 0.05) is 12.7 Å². The Balaban J connectivity index is 1.88. The first-order valence-corrected chi connectivity index (χ1v) is 6.64. The van der Waals surface area contributed by atoms with Crippen molar-refractivity contribution in [3.05, 3.63) is 53.6 Å². The average molecular weight is 259 g/mol. The highest BCUT2D eigenvalue weighted by Gasteiger charge is 2.05. The van der Waals surface area contributed by atoms with E-state index in [1.807, 2.05) is 25.1 Å². The van der Waals surface area contributed by atoms with Gasteiger partial charge in [-0.2, -0.15) is 0 Å². The number of ether oxygens (including phenoxy) is 1. The summed E-state index contributed by atoms with van der Waals surface area (Å²) in [5.41, 5.74) is 7.75. The number of hydrogen-bond donors (Lipinski definition) is 1. The molecule has 19 heavy (non-hydrogen) atoms. The van der Waals surface area contributed by atoms with Gasteiger partial charge < -0.3 is 15.0 Å². The van der Waals surface area contributed by atoms with Crippen LogP contribution in [0.25, 0.3) is 0 Å². The number of aryl methyl sites for hydroxylation is 2. The van der Waals surface area contributed by atoms with E-state index in [9.17, 15) is 0 Å². The maximum atomic E-state index is 5.73. The van der Waals surface area contributed by atoms with Crippen molar-refractivity contribution in [2.75, 3.05) is 6.54 Å². The highest BCUT2D eigenvalue weighted by Crippen LogP contribution is 2.07. The molecule has 1 aromatic carbocycles. The van der Waals surface area contributed by atoms with Gasteiger partial charge in [0.25, 0.3) is 0 Å². The van der Waals surface area contributed by atoms with Crippen LogP contribution < -0.4 is 5.73 Å². The number of nitrogens with zero attached hydrogens (tertiary/aromatic N) is 2. The molecule has 102 valence electrons. The standard InChI is InChI=1S/C15H21N3O/c1-13-10-18(9-5-8-16)15(17-13)12-19-11-14-6-3-2-4-7-14/h2-4,6-7,10H,5,8-9,11-12,16H2,1H3. The Morgan fingerprint density at radius 2 is 2.00 bits per heavy atom. The van der Waals surface area contributed by atoms with Gasteiger partial charge in [0.2, 0.25) is 0 Å². The van der Waals surface area contributed by atoms with Crippen LogP contribution in [0.15, 0.2) is 36.5 Å². The summed E-state index contributed by atoms with van der Waals surface area (Å²) in [6.45, 7) is 4.75. The number of benzene rings is 1. The molecule has 2 N–H and O–H groups in total. The van der Waals surface area contributed by atoms with Gasteiger partial charge in [0.15, 0.2) is 0 Å². The Hall–Kier alpha value is -1.65. The molecule has 0 aliphatic rings. The van der Waals surface area contributed by atoms with E-state index in [2.05, 4.69) is 27.9 Å². The molecule has 4 heteroatoms. The molecule has 0 spiro atoms. The van der Waals surface area contributed by atoms with E-state index in [1.165, 1.54) is 5.56 Å². The first-order chi connectivity index (χ1) is 9.29. The van der Waals surface area contributed by atoms with Crippen LogP contribution in [0.5, 0.6) is 0 Å². The molecule has 1 aromatic heterocycles. The van der Waals surface area contributed by atoms with Crippen molar-refractivity contribution in [2.45, 2.75) is 33.1 Å². The number of aromatic nitrogens is 2. The highest BCUT2D eigenvalue weighted by atomic mass is 16.5. The van der Waals surface area contributed by atoms with Crippen molar-refractivity contribution in [3.63, 3.8) is 0 Å². The minimum absolute atomic E-state index is 0.535. The molecule has 2 aromatic rings. The fourth-order valence-electron chi connectivity index (χ4n) is 2.00. The fraction of sp³-hybridized carbons (Fsp3) is 0.400. The molecular weight excluding hydrogens is 238 g/mol. The lowest BCUT2D eigenvalue weighted by atomic mass is 10.2. The second kappa shape index (κ2) is 7.07. The van der Waals surface area contributed by atoms with Crippen LogP contribution in [-0.4, -0.2) is 16.1 Å². The first-order valence-electron chi connectivity index (χ1n) is 6.64. The molecular formula is C15H21N3O. The van der Waals surface area contributed by atoms with Crippen LogP contribution >= 0.6 is 0 Å². The summed E-state index contributed by atoms with van der Waals surface area (Å²) >= 11 is 0. The summed E-state index contributed by atoms with van der Waals surface area (Å²) in [4.78, 5) is 4.49. The molecule has 0 fully saturated rings. The van der Waals surface area contributed by atoms with Crippen LogP contribution in [0.2, 0.25) is 0 Å². The molecule has 0 bridgehead atoms. The van der Waals surface area contributed by atoms with Crippen molar-refractivity contribution in [2.24, 2.45) is 5.73 Å². The number of rotatable bonds is 7. The second-order valence-corrected chi connectivity index (χ2v) is 4.61. The van der Waals surface area contributed by atoms with Crippen LogP contribution in [0.1, 0.15) is 23.5 Å². The van der Waals surface area contributed by atoms with E-state index in [0.717, 1.165) is 24.5 Å². The Bertz CT molecular complexity index is 493. The molecule has 0 radical (unpaired) electrons. The molecule has 0 saturated carbocycles. The van der Waals surface area contributed by atoms with Gasteiger partial charge in [-0.1, -0.05) is 30.3 Å². The number of imidazole rings is 1.